The highest BCUT2D eigenvalue weighted by molar-refractivity contribution is 9.10. The second kappa shape index (κ2) is 6.48. The lowest BCUT2D eigenvalue weighted by molar-refractivity contribution is -0.182. The summed E-state index contributed by atoms with van der Waals surface area (Å²) in [6.07, 6.45) is -2.34. The van der Waals surface area contributed by atoms with E-state index in [0.717, 1.165) is 10.0 Å². The number of rotatable bonds is 3. The average Bonchev–Trinajstić information content (AvgIpc) is 2.38. The highest BCUT2D eigenvalue weighted by atomic mass is 79.9. The maximum Gasteiger partial charge on any atom is 0.391 e. The Kier molecular flexibility index (Phi) is 5.13. The van der Waals surface area contributed by atoms with Gasteiger partial charge in [-0.25, -0.2) is 0 Å². The number of hydrogen-bond acceptors (Lipinski definition) is 1. The van der Waals surface area contributed by atoms with E-state index in [4.69, 9.17) is 0 Å². The van der Waals surface area contributed by atoms with E-state index < -0.39 is 12.1 Å². The Morgan fingerprint density at radius 3 is 2.40 bits per heavy atom. The van der Waals surface area contributed by atoms with Gasteiger partial charge >= 0.3 is 6.18 Å². The van der Waals surface area contributed by atoms with Crippen LogP contribution in [0.25, 0.3) is 0 Å². The molecule has 1 atom stereocenters. The Hall–Kier alpha value is -0.550. The lowest BCUT2D eigenvalue weighted by Crippen LogP contribution is -2.38. The minimum absolute atomic E-state index is 0.153. The molecule has 112 valence electrons. The smallest absolute Gasteiger partial charge is 0.307 e. The van der Waals surface area contributed by atoms with Gasteiger partial charge in [-0.3, -0.25) is 0 Å². The van der Waals surface area contributed by atoms with Gasteiger partial charge in [0.1, 0.15) is 0 Å². The number of alkyl halides is 3. The van der Waals surface area contributed by atoms with Gasteiger partial charge in [0.2, 0.25) is 0 Å². The summed E-state index contributed by atoms with van der Waals surface area (Å²) >= 11 is 3.43. The minimum Gasteiger partial charge on any atom is -0.307 e. The van der Waals surface area contributed by atoms with Crippen molar-refractivity contribution in [3.63, 3.8) is 0 Å². The molecule has 5 heteroatoms. The van der Waals surface area contributed by atoms with Crippen LogP contribution in [-0.2, 0) is 0 Å². The highest BCUT2D eigenvalue weighted by Crippen LogP contribution is 2.37. The van der Waals surface area contributed by atoms with E-state index in [0.29, 0.717) is 12.8 Å². The number of nitrogens with one attached hydrogen (secondary N) is 1. The van der Waals surface area contributed by atoms with Crippen LogP contribution in [0, 0.1) is 5.92 Å². The third-order valence-corrected chi connectivity index (χ3v) is 4.52. The van der Waals surface area contributed by atoms with Crippen LogP contribution in [-0.4, -0.2) is 12.2 Å². The van der Waals surface area contributed by atoms with E-state index in [1.165, 1.54) is 0 Å². The molecule has 0 radical (unpaired) electrons. The van der Waals surface area contributed by atoms with Gasteiger partial charge in [0.25, 0.3) is 0 Å². The minimum atomic E-state index is -4.03. The molecular weight excluding hydrogens is 331 g/mol. The summed E-state index contributed by atoms with van der Waals surface area (Å²) in [5, 5.41) is 3.45. The second-order valence-corrected chi connectivity index (χ2v) is 6.45. The molecule has 2 rings (SSSR count). The van der Waals surface area contributed by atoms with E-state index in [1.54, 1.807) is 0 Å². The summed E-state index contributed by atoms with van der Waals surface area (Å²) in [6, 6.07) is 8.34. The van der Waals surface area contributed by atoms with Crippen LogP contribution in [0.1, 0.15) is 44.2 Å². The van der Waals surface area contributed by atoms with E-state index in [1.807, 2.05) is 24.3 Å². The molecule has 1 nitrogen and oxygen atoms in total. The predicted octanol–water partition coefficient (Wildman–Crippen LogP) is 5.22. The van der Waals surface area contributed by atoms with Gasteiger partial charge in [-0.15, -0.1) is 0 Å². The Morgan fingerprint density at radius 2 is 1.85 bits per heavy atom. The molecule has 0 aliphatic heterocycles. The first kappa shape index (κ1) is 15.8. The summed E-state index contributed by atoms with van der Waals surface area (Å²) in [5.74, 6) is -1.11. The van der Waals surface area contributed by atoms with Crippen molar-refractivity contribution in [1.29, 1.82) is 0 Å². The van der Waals surface area contributed by atoms with E-state index in [9.17, 15) is 13.2 Å². The highest BCUT2D eigenvalue weighted by Gasteiger charge is 2.41. The molecule has 1 aliphatic carbocycles. The fourth-order valence-corrected chi connectivity index (χ4v) is 3.23. The lowest BCUT2D eigenvalue weighted by Gasteiger charge is -2.32. The third kappa shape index (κ3) is 4.22. The number of benzene rings is 1. The van der Waals surface area contributed by atoms with Gasteiger partial charge in [-0.1, -0.05) is 28.1 Å². The van der Waals surface area contributed by atoms with E-state index >= 15 is 0 Å². The van der Waals surface area contributed by atoms with Crippen LogP contribution in [0.4, 0.5) is 13.2 Å². The first-order chi connectivity index (χ1) is 9.36. The summed E-state index contributed by atoms with van der Waals surface area (Å²) in [6.45, 7) is 2.05. The van der Waals surface area contributed by atoms with Gasteiger partial charge in [-0.05, 0) is 50.3 Å². The fourth-order valence-electron chi connectivity index (χ4n) is 2.81. The first-order valence-corrected chi connectivity index (χ1v) is 7.74. The quantitative estimate of drug-likeness (QED) is 0.788. The first-order valence-electron chi connectivity index (χ1n) is 6.94. The van der Waals surface area contributed by atoms with Crippen molar-refractivity contribution in [2.45, 2.75) is 50.9 Å². The van der Waals surface area contributed by atoms with E-state index in [2.05, 4.69) is 28.2 Å². The van der Waals surface area contributed by atoms with Crippen molar-refractivity contribution >= 4 is 15.9 Å². The van der Waals surface area contributed by atoms with Crippen molar-refractivity contribution in [3.8, 4) is 0 Å². The van der Waals surface area contributed by atoms with Crippen LogP contribution in [0.5, 0.6) is 0 Å². The molecule has 1 aromatic carbocycles. The molecule has 0 amide bonds. The van der Waals surface area contributed by atoms with Crippen molar-refractivity contribution in [1.82, 2.24) is 5.32 Å². The fraction of sp³-hybridized carbons (Fsp3) is 0.600. The Balaban J connectivity index is 1.86. The maximum absolute atomic E-state index is 12.6. The van der Waals surface area contributed by atoms with Crippen molar-refractivity contribution < 1.29 is 13.2 Å². The SMILES string of the molecule is C[C@@H](NC1CCC(C(F)(F)F)CC1)c1cccc(Br)c1. The Bertz CT molecular complexity index is 439. The van der Waals surface area contributed by atoms with E-state index in [-0.39, 0.29) is 24.9 Å². The molecule has 0 aromatic heterocycles. The van der Waals surface area contributed by atoms with Crippen LogP contribution < -0.4 is 5.32 Å². The third-order valence-electron chi connectivity index (χ3n) is 4.02. The summed E-state index contributed by atoms with van der Waals surface area (Å²) in [5.41, 5.74) is 1.15. The molecule has 1 fully saturated rings. The number of hydrogen-bond donors (Lipinski definition) is 1. The molecule has 1 aromatic rings. The summed E-state index contributed by atoms with van der Waals surface area (Å²) < 4.78 is 38.9. The zero-order valence-electron chi connectivity index (χ0n) is 11.4. The lowest BCUT2D eigenvalue weighted by atomic mass is 9.85. The average molecular weight is 350 g/mol. The predicted molar refractivity (Wildman–Crippen MR) is 77.5 cm³/mol. The molecule has 1 N–H and O–H groups in total. The van der Waals surface area contributed by atoms with Crippen LogP contribution in [0.2, 0.25) is 0 Å². The monoisotopic (exact) mass is 349 g/mol. The molecule has 0 saturated heterocycles. The van der Waals surface area contributed by atoms with Gasteiger partial charge in [-0.2, -0.15) is 13.2 Å². The number of halogens is 4. The largest absolute Gasteiger partial charge is 0.391 e. The topological polar surface area (TPSA) is 12.0 Å². The van der Waals surface area contributed by atoms with Gasteiger partial charge < -0.3 is 5.32 Å². The van der Waals surface area contributed by atoms with Crippen LogP contribution in [0.15, 0.2) is 28.7 Å². The zero-order chi connectivity index (χ0) is 14.8. The second-order valence-electron chi connectivity index (χ2n) is 5.53. The Morgan fingerprint density at radius 1 is 1.20 bits per heavy atom. The van der Waals surface area contributed by atoms with Crippen LogP contribution >= 0.6 is 15.9 Å². The van der Waals surface area contributed by atoms with Gasteiger partial charge in [0, 0.05) is 16.6 Å². The van der Waals surface area contributed by atoms with Gasteiger partial charge in [0.15, 0.2) is 0 Å². The van der Waals surface area contributed by atoms with Crippen LogP contribution in [0.3, 0.4) is 0 Å². The van der Waals surface area contributed by atoms with Crippen molar-refractivity contribution in [2.75, 3.05) is 0 Å². The normalized spacial score (nSPS) is 25.4. The Labute approximate surface area is 126 Å². The standard InChI is InChI=1S/C15H19BrF3N/c1-10(11-3-2-4-13(16)9-11)20-14-7-5-12(6-8-14)15(17,18)19/h2-4,9-10,12,14,20H,5-8H2,1H3/t10-,12?,14?/m1/s1. The van der Waals surface area contributed by atoms with Crippen molar-refractivity contribution in [3.05, 3.63) is 34.3 Å². The van der Waals surface area contributed by atoms with Gasteiger partial charge in [0.05, 0.1) is 5.92 Å². The summed E-state index contributed by atoms with van der Waals surface area (Å²) in [4.78, 5) is 0. The summed E-state index contributed by atoms with van der Waals surface area (Å²) in [7, 11) is 0. The van der Waals surface area contributed by atoms with Crippen molar-refractivity contribution in [2.24, 2.45) is 5.92 Å². The molecule has 0 spiro atoms. The maximum atomic E-state index is 12.6. The molecular formula is C15H19BrF3N. The molecule has 0 bridgehead atoms. The molecule has 1 saturated carbocycles. The molecule has 1 aliphatic rings. The zero-order valence-corrected chi connectivity index (χ0v) is 13.0. The molecule has 0 heterocycles. The molecule has 20 heavy (non-hydrogen) atoms. The molecule has 0 unspecified atom stereocenters.